The van der Waals surface area contributed by atoms with E-state index in [9.17, 15) is 14.0 Å². The highest BCUT2D eigenvalue weighted by Crippen LogP contribution is 2.34. The molecule has 11 heteroatoms. The third-order valence-electron chi connectivity index (χ3n) is 4.94. The van der Waals surface area contributed by atoms with Crippen LogP contribution in [0.25, 0.3) is 16.6 Å². The largest absolute Gasteiger partial charge is 0.490 e. The summed E-state index contributed by atoms with van der Waals surface area (Å²) < 4.78 is 37.6. The van der Waals surface area contributed by atoms with Gasteiger partial charge in [-0.3, -0.25) is 0 Å². The number of hydrogen-bond donors (Lipinski definition) is 1. The van der Waals surface area contributed by atoms with Crippen molar-refractivity contribution in [3.63, 3.8) is 0 Å². The van der Waals surface area contributed by atoms with Crippen molar-refractivity contribution in [3.8, 4) is 28.8 Å². The Bertz CT molecular complexity index is 1390. The molecule has 0 saturated heterocycles. The molecule has 0 bridgehead atoms. The van der Waals surface area contributed by atoms with Gasteiger partial charge in [0.1, 0.15) is 24.0 Å². The third-order valence-corrected chi connectivity index (χ3v) is 4.94. The maximum Gasteiger partial charge on any atom is 0.388 e. The van der Waals surface area contributed by atoms with Crippen molar-refractivity contribution in [2.75, 3.05) is 11.9 Å². The predicted octanol–water partition coefficient (Wildman–Crippen LogP) is 5.08. The molecule has 9 nitrogen and oxygen atoms in total. The van der Waals surface area contributed by atoms with Gasteiger partial charge in [-0.25, -0.2) is 19.5 Å². The van der Waals surface area contributed by atoms with E-state index in [2.05, 4.69) is 36.2 Å². The summed E-state index contributed by atoms with van der Waals surface area (Å²) in [5, 5.41) is 17.0. The minimum atomic E-state index is -3.01. The van der Waals surface area contributed by atoms with E-state index in [0.717, 1.165) is 11.2 Å². The molecular weight excluding hydrogens is 456 g/mol. The lowest BCUT2D eigenvalue weighted by atomic mass is 9.97. The van der Waals surface area contributed by atoms with Gasteiger partial charge in [-0.2, -0.15) is 19.1 Å². The molecule has 0 amide bonds. The first-order valence-corrected chi connectivity index (χ1v) is 10.7. The van der Waals surface area contributed by atoms with Crippen LogP contribution in [0.5, 0.6) is 11.6 Å². The zero-order valence-corrected chi connectivity index (χ0v) is 19.6. The van der Waals surface area contributed by atoms with Gasteiger partial charge in [-0.1, -0.05) is 0 Å². The second-order valence-electron chi connectivity index (χ2n) is 8.56. The van der Waals surface area contributed by atoms with E-state index in [1.165, 1.54) is 12.3 Å². The Kier molecular flexibility index (Phi) is 6.46. The number of nitrogens with one attached hydrogen (secondary N) is 1. The molecule has 1 N–H and O–H groups in total. The van der Waals surface area contributed by atoms with Crippen LogP contribution in [0.2, 0.25) is 0 Å². The molecule has 4 heterocycles. The normalized spacial score (nSPS) is 11.5. The van der Waals surface area contributed by atoms with Gasteiger partial charge < -0.3 is 14.8 Å². The summed E-state index contributed by atoms with van der Waals surface area (Å²) in [5.74, 6) is 1.93. The zero-order chi connectivity index (χ0) is 25.2. The fourth-order valence-corrected chi connectivity index (χ4v) is 3.35. The van der Waals surface area contributed by atoms with Gasteiger partial charge in [0.15, 0.2) is 5.82 Å². The minimum absolute atomic E-state index is 0.0913. The minimum Gasteiger partial charge on any atom is -0.490 e. The number of nitrogens with zero attached hydrogens (tertiary/aromatic N) is 6. The highest BCUT2D eigenvalue weighted by molar-refractivity contribution is 5.75. The summed E-state index contributed by atoms with van der Waals surface area (Å²) in [5.41, 5.74) is 1.98. The highest BCUT2D eigenvalue weighted by atomic mass is 19.3. The monoisotopic (exact) mass is 479 g/mol. The smallest absolute Gasteiger partial charge is 0.388 e. The molecule has 180 valence electrons. The molecule has 0 unspecified atom stereocenters. The van der Waals surface area contributed by atoms with Gasteiger partial charge in [0, 0.05) is 35.7 Å². The Morgan fingerprint density at radius 3 is 2.66 bits per heavy atom. The standard InChI is InChI=1S/C24H23F2N7O2/c1-14-7-20(30-15(2)29-14)31-21-9-17-8-16(5-6-33(17)32-21)18-10-22(35-23(25)26)28-11-19(18)34-13-24(3,4)12-27/h5-11,23H,13H2,1-4H3,(H,29,30,31,32). The van der Waals surface area contributed by atoms with Crippen LogP contribution < -0.4 is 14.8 Å². The molecule has 0 spiro atoms. The third kappa shape index (κ3) is 5.78. The number of hydrogen-bond acceptors (Lipinski definition) is 8. The second-order valence-corrected chi connectivity index (χ2v) is 8.56. The van der Waals surface area contributed by atoms with Crippen LogP contribution in [0.3, 0.4) is 0 Å². The van der Waals surface area contributed by atoms with E-state index >= 15 is 0 Å². The first-order valence-electron chi connectivity index (χ1n) is 10.7. The maximum atomic E-state index is 12.8. The highest BCUT2D eigenvalue weighted by Gasteiger charge is 2.20. The number of aryl methyl sites for hydroxylation is 2. The lowest BCUT2D eigenvalue weighted by Gasteiger charge is -2.18. The van der Waals surface area contributed by atoms with E-state index in [0.29, 0.717) is 34.3 Å². The van der Waals surface area contributed by atoms with Gasteiger partial charge in [-0.15, -0.1) is 0 Å². The van der Waals surface area contributed by atoms with E-state index in [1.54, 1.807) is 30.6 Å². The number of anilines is 2. The Labute approximate surface area is 200 Å². The van der Waals surface area contributed by atoms with Gasteiger partial charge in [0.05, 0.1) is 23.2 Å². The molecule has 0 aliphatic heterocycles. The molecule has 0 atom stereocenters. The zero-order valence-electron chi connectivity index (χ0n) is 19.6. The summed E-state index contributed by atoms with van der Waals surface area (Å²) in [6, 6.07) is 10.8. The van der Waals surface area contributed by atoms with Crippen LogP contribution >= 0.6 is 0 Å². The summed E-state index contributed by atoms with van der Waals surface area (Å²) >= 11 is 0. The van der Waals surface area contributed by atoms with Gasteiger partial charge in [-0.05, 0) is 45.4 Å². The molecule has 35 heavy (non-hydrogen) atoms. The van der Waals surface area contributed by atoms with Crippen molar-refractivity contribution in [3.05, 3.63) is 54.2 Å². The van der Waals surface area contributed by atoms with Crippen LogP contribution in [-0.4, -0.2) is 37.8 Å². The summed E-state index contributed by atoms with van der Waals surface area (Å²) in [7, 11) is 0. The topological polar surface area (TPSA) is 110 Å². The van der Waals surface area contributed by atoms with E-state index in [1.807, 2.05) is 32.0 Å². The Morgan fingerprint density at radius 2 is 1.94 bits per heavy atom. The lowest BCUT2D eigenvalue weighted by molar-refractivity contribution is -0.0528. The van der Waals surface area contributed by atoms with Gasteiger partial charge in [0.25, 0.3) is 0 Å². The van der Waals surface area contributed by atoms with Crippen LogP contribution in [-0.2, 0) is 0 Å². The molecule has 0 fully saturated rings. The second kappa shape index (κ2) is 9.50. The molecule has 4 aromatic heterocycles. The first kappa shape index (κ1) is 23.8. The predicted molar refractivity (Wildman–Crippen MR) is 125 cm³/mol. The fraction of sp³-hybridized carbons (Fsp3) is 0.292. The number of halogens is 2. The van der Waals surface area contributed by atoms with E-state index in [4.69, 9.17) is 4.74 Å². The number of nitriles is 1. The molecule has 4 aromatic rings. The SMILES string of the molecule is Cc1cc(Nc2cc3cc(-c4cc(OC(F)F)ncc4OCC(C)(C)C#N)ccn3n2)nc(C)n1. The molecule has 4 rings (SSSR count). The van der Waals surface area contributed by atoms with Crippen LogP contribution in [0.15, 0.2) is 42.7 Å². The number of rotatable bonds is 8. The Balaban J connectivity index is 1.69. The lowest BCUT2D eigenvalue weighted by Crippen LogP contribution is -2.19. The average Bonchev–Trinajstić information content (AvgIpc) is 3.18. The molecule has 0 radical (unpaired) electrons. The van der Waals surface area contributed by atoms with Crippen molar-refractivity contribution in [1.82, 2.24) is 24.6 Å². The van der Waals surface area contributed by atoms with Crippen molar-refractivity contribution >= 4 is 17.2 Å². The summed E-state index contributed by atoms with van der Waals surface area (Å²) in [4.78, 5) is 12.5. The molecule has 0 aromatic carbocycles. The van der Waals surface area contributed by atoms with E-state index < -0.39 is 12.0 Å². The fourth-order valence-electron chi connectivity index (χ4n) is 3.35. The van der Waals surface area contributed by atoms with Gasteiger partial charge in [0.2, 0.25) is 5.88 Å². The van der Waals surface area contributed by atoms with Crippen molar-refractivity contribution in [2.24, 2.45) is 5.41 Å². The maximum absolute atomic E-state index is 12.8. The van der Waals surface area contributed by atoms with Gasteiger partial charge >= 0.3 is 6.61 Å². The quantitative estimate of drug-likeness (QED) is 0.373. The van der Waals surface area contributed by atoms with Crippen LogP contribution in [0.4, 0.5) is 20.4 Å². The number of ether oxygens (including phenoxy) is 2. The van der Waals surface area contributed by atoms with Crippen molar-refractivity contribution in [2.45, 2.75) is 34.3 Å². The van der Waals surface area contributed by atoms with E-state index in [-0.39, 0.29) is 12.5 Å². The van der Waals surface area contributed by atoms with Crippen LogP contribution in [0, 0.1) is 30.6 Å². The number of fused-ring (bicyclic) bond motifs is 1. The summed E-state index contributed by atoms with van der Waals surface area (Å²) in [6.07, 6.45) is 3.05. The average molecular weight is 479 g/mol. The molecule has 0 saturated carbocycles. The Morgan fingerprint density at radius 1 is 1.14 bits per heavy atom. The van der Waals surface area contributed by atoms with Crippen molar-refractivity contribution in [1.29, 1.82) is 5.26 Å². The van der Waals surface area contributed by atoms with Crippen LogP contribution in [0.1, 0.15) is 25.4 Å². The number of aromatic nitrogens is 5. The molecular formula is C24H23F2N7O2. The first-order chi connectivity index (χ1) is 16.6. The number of alkyl halides is 2. The molecule has 0 aliphatic carbocycles. The Hall–Kier alpha value is -4.33. The summed E-state index contributed by atoms with van der Waals surface area (Å²) in [6.45, 7) is 4.25. The van der Waals surface area contributed by atoms with Crippen molar-refractivity contribution < 1.29 is 18.3 Å². The molecule has 0 aliphatic rings. The number of pyridine rings is 2.